The molecule has 0 radical (unpaired) electrons. The molecule has 1 aromatic heterocycles. The summed E-state index contributed by atoms with van der Waals surface area (Å²) in [7, 11) is -3.54. The van der Waals surface area contributed by atoms with Gasteiger partial charge in [0, 0.05) is 10.4 Å². The molecule has 1 saturated carbocycles. The molecule has 7 heteroatoms. The summed E-state index contributed by atoms with van der Waals surface area (Å²) in [6, 6.07) is 8.58. The second-order valence-corrected chi connectivity index (χ2v) is 8.01. The van der Waals surface area contributed by atoms with Crippen molar-refractivity contribution in [3.05, 3.63) is 35.0 Å². The van der Waals surface area contributed by atoms with Crippen molar-refractivity contribution in [2.24, 2.45) is 5.41 Å². The Balaban J connectivity index is 1.78. The van der Waals surface area contributed by atoms with Gasteiger partial charge in [0.15, 0.2) is 0 Å². The van der Waals surface area contributed by atoms with E-state index in [1.807, 2.05) is 0 Å². The lowest BCUT2D eigenvalue weighted by atomic mass is 10.2. The fourth-order valence-corrected chi connectivity index (χ4v) is 4.42. The van der Waals surface area contributed by atoms with E-state index in [1.165, 1.54) is 0 Å². The molecule has 2 aromatic rings. The Hall–Kier alpha value is -1.55. The molecule has 5 nitrogen and oxygen atoms in total. The van der Waals surface area contributed by atoms with Gasteiger partial charge in [0.05, 0.1) is 23.3 Å². The van der Waals surface area contributed by atoms with Crippen molar-refractivity contribution in [1.29, 1.82) is 5.26 Å². The topological polar surface area (TPSA) is 83.1 Å². The summed E-state index contributed by atoms with van der Waals surface area (Å²) in [6.07, 6.45) is 1.28. The molecule has 1 aliphatic rings. The molecule has 0 amide bonds. The summed E-state index contributed by atoms with van der Waals surface area (Å²) >= 11 is 5.93. The fourth-order valence-electron chi connectivity index (χ4n) is 2.42. The molecule has 1 aromatic carbocycles. The zero-order chi connectivity index (χ0) is 16.0. The van der Waals surface area contributed by atoms with Crippen molar-refractivity contribution in [2.45, 2.75) is 25.8 Å². The van der Waals surface area contributed by atoms with E-state index in [0.29, 0.717) is 29.2 Å². The Bertz CT molecular complexity index is 863. The van der Waals surface area contributed by atoms with Crippen LogP contribution in [0.3, 0.4) is 0 Å². The second kappa shape index (κ2) is 5.27. The number of rotatable bonds is 5. The predicted octanol–water partition coefficient (Wildman–Crippen LogP) is 3.37. The van der Waals surface area contributed by atoms with Gasteiger partial charge in [-0.3, -0.25) is 0 Å². The smallest absolute Gasteiger partial charge is 0.213 e. The van der Waals surface area contributed by atoms with Crippen LogP contribution in [0.2, 0.25) is 5.02 Å². The number of nitriles is 1. The lowest BCUT2D eigenvalue weighted by Gasteiger charge is -2.13. The van der Waals surface area contributed by atoms with E-state index in [-0.39, 0.29) is 5.75 Å². The number of hydrogen-bond acceptors (Lipinski definition) is 4. The minimum atomic E-state index is -3.54. The zero-order valence-electron chi connectivity index (χ0n) is 12.0. The van der Waals surface area contributed by atoms with Crippen LogP contribution in [0.5, 0.6) is 0 Å². The van der Waals surface area contributed by atoms with E-state index < -0.39 is 21.5 Å². The lowest BCUT2D eigenvalue weighted by molar-refractivity contribution is 0.482. The first kappa shape index (κ1) is 15.3. The summed E-state index contributed by atoms with van der Waals surface area (Å²) in [5.41, 5.74) is -0.0476. The van der Waals surface area contributed by atoms with Crippen molar-refractivity contribution in [1.82, 2.24) is 4.72 Å². The molecule has 116 valence electrons. The standard InChI is InChI=1S/C15H15ClN2O3S/c1-10(18-22(19,20)9-15(8-17)4-5-15)14-7-11-6-12(16)2-3-13(11)21-14/h2-3,6-7,10,18H,4-5,9H2,1H3/t10-/m1/s1. The molecular formula is C15H15ClN2O3S. The Morgan fingerprint density at radius 2 is 2.18 bits per heavy atom. The molecule has 1 atom stereocenters. The zero-order valence-corrected chi connectivity index (χ0v) is 13.5. The SMILES string of the molecule is C[C@@H](NS(=O)(=O)CC1(C#N)CC1)c1cc2cc(Cl)ccc2o1. The van der Waals surface area contributed by atoms with Crippen molar-refractivity contribution >= 4 is 32.6 Å². The quantitative estimate of drug-likeness (QED) is 0.905. The molecule has 1 aliphatic carbocycles. The number of benzene rings is 1. The largest absolute Gasteiger partial charge is 0.459 e. The van der Waals surface area contributed by atoms with Crippen LogP contribution in [-0.4, -0.2) is 14.2 Å². The molecule has 0 spiro atoms. The highest BCUT2D eigenvalue weighted by Gasteiger charge is 2.47. The monoisotopic (exact) mass is 338 g/mol. The number of nitrogens with one attached hydrogen (secondary N) is 1. The van der Waals surface area contributed by atoms with Crippen LogP contribution in [0.4, 0.5) is 0 Å². The molecule has 0 unspecified atom stereocenters. The van der Waals surface area contributed by atoms with Gasteiger partial charge in [-0.1, -0.05) is 11.6 Å². The fraction of sp³-hybridized carbons (Fsp3) is 0.400. The van der Waals surface area contributed by atoms with Gasteiger partial charge in [0.2, 0.25) is 10.0 Å². The normalized spacial score (nSPS) is 18.0. The van der Waals surface area contributed by atoms with Crippen molar-refractivity contribution in [3.8, 4) is 6.07 Å². The Morgan fingerprint density at radius 3 is 2.82 bits per heavy atom. The maximum atomic E-state index is 12.2. The van der Waals surface area contributed by atoms with Crippen LogP contribution < -0.4 is 4.72 Å². The van der Waals surface area contributed by atoms with Gasteiger partial charge in [-0.15, -0.1) is 0 Å². The number of hydrogen-bond donors (Lipinski definition) is 1. The van der Waals surface area contributed by atoms with Gasteiger partial charge in [0.25, 0.3) is 0 Å². The average molecular weight is 339 g/mol. The Kier molecular flexibility index (Phi) is 3.68. The highest BCUT2D eigenvalue weighted by atomic mass is 35.5. The van der Waals surface area contributed by atoms with Gasteiger partial charge in [0.1, 0.15) is 11.3 Å². The van der Waals surface area contributed by atoms with E-state index in [1.54, 1.807) is 31.2 Å². The predicted molar refractivity (Wildman–Crippen MR) is 83.8 cm³/mol. The molecular weight excluding hydrogens is 324 g/mol. The second-order valence-electron chi connectivity index (χ2n) is 5.82. The molecule has 22 heavy (non-hydrogen) atoms. The number of sulfonamides is 1. The van der Waals surface area contributed by atoms with Crippen LogP contribution in [0.25, 0.3) is 11.0 Å². The van der Waals surface area contributed by atoms with E-state index in [2.05, 4.69) is 10.8 Å². The van der Waals surface area contributed by atoms with Crippen LogP contribution in [-0.2, 0) is 10.0 Å². The molecule has 3 rings (SSSR count). The maximum Gasteiger partial charge on any atom is 0.213 e. The molecule has 1 N–H and O–H groups in total. The van der Waals surface area contributed by atoms with Gasteiger partial charge in [-0.2, -0.15) is 5.26 Å². The third-order valence-corrected chi connectivity index (χ3v) is 5.72. The third kappa shape index (κ3) is 3.12. The molecule has 0 saturated heterocycles. The van der Waals surface area contributed by atoms with E-state index >= 15 is 0 Å². The first-order valence-electron chi connectivity index (χ1n) is 6.93. The van der Waals surface area contributed by atoms with Crippen molar-refractivity contribution in [2.75, 3.05) is 5.75 Å². The molecule has 0 bridgehead atoms. The van der Waals surface area contributed by atoms with Crippen molar-refractivity contribution in [3.63, 3.8) is 0 Å². The molecule has 1 fully saturated rings. The summed E-state index contributed by atoms with van der Waals surface area (Å²) in [4.78, 5) is 0. The van der Waals surface area contributed by atoms with Gasteiger partial charge in [-0.05, 0) is 44.0 Å². The molecule has 0 aliphatic heterocycles. The number of halogens is 1. The van der Waals surface area contributed by atoms with Crippen LogP contribution in [0, 0.1) is 16.7 Å². The summed E-state index contributed by atoms with van der Waals surface area (Å²) in [5.74, 6) is 0.357. The van der Waals surface area contributed by atoms with Gasteiger partial charge in [-0.25, -0.2) is 13.1 Å². The first-order chi connectivity index (χ1) is 10.3. The third-order valence-electron chi connectivity index (χ3n) is 3.84. The average Bonchev–Trinajstić information content (AvgIpc) is 3.06. The maximum absolute atomic E-state index is 12.2. The van der Waals surface area contributed by atoms with E-state index in [9.17, 15) is 8.42 Å². The van der Waals surface area contributed by atoms with E-state index in [4.69, 9.17) is 21.3 Å². The van der Waals surface area contributed by atoms with Crippen LogP contribution >= 0.6 is 11.6 Å². The molecule has 1 heterocycles. The summed E-state index contributed by atoms with van der Waals surface area (Å²) < 4.78 is 32.6. The highest BCUT2D eigenvalue weighted by molar-refractivity contribution is 7.89. The van der Waals surface area contributed by atoms with E-state index in [0.717, 1.165) is 5.39 Å². The summed E-state index contributed by atoms with van der Waals surface area (Å²) in [6.45, 7) is 1.71. The van der Waals surface area contributed by atoms with Gasteiger partial charge < -0.3 is 4.42 Å². The Labute approximate surface area is 133 Å². The number of furan rings is 1. The van der Waals surface area contributed by atoms with Crippen LogP contribution in [0.1, 0.15) is 31.6 Å². The minimum Gasteiger partial charge on any atom is -0.459 e. The number of nitrogens with zero attached hydrogens (tertiary/aromatic N) is 1. The van der Waals surface area contributed by atoms with Gasteiger partial charge >= 0.3 is 0 Å². The van der Waals surface area contributed by atoms with Crippen LogP contribution in [0.15, 0.2) is 28.7 Å². The summed E-state index contributed by atoms with van der Waals surface area (Å²) in [5, 5.41) is 10.4. The first-order valence-corrected chi connectivity index (χ1v) is 8.96. The minimum absolute atomic E-state index is 0.160. The Morgan fingerprint density at radius 1 is 1.45 bits per heavy atom. The lowest BCUT2D eigenvalue weighted by Crippen LogP contribution is -2.32. The number of fused-ring (bicyclic) bond motifs is 1. The van der Waals surface area contributed by atoms with Crippen molar-refractivity contribution < 1.29 is 12.8 Å². The highest BCUT2D eigenvalue weighted by Crippen LogP contribution is 2.45.